The molecule has 1 heterocycles. The predicted octanol–water partition coefficient (Wildman–Crippen LogP) is 4.58. The highest BCUT2D eigenvalue weighted by Gasteiger charge is 2.29. The maximum Gasteiger partial charge on any atom is 0.408 e. The van der Waals surface area contributed by atoms with Gasteiger partial charge in [0.25, 0.3) is 0 Å². The van der Waals surface area contributed by atoms with Gasteiger partial charge in [0.1, 0.15) is 24.7 Å². The van der Waals surface area contributed by atoms with Crippen LogP contribution in [0, 0.1) is 0 Å². The van der Waals surface area contributed by atoms with Gasteiger partial charge < -0.3 is 24.9 Å². The number of fused-ring (bicyclic) bond motifs is 3. The molecule has 0 saturated heterocycles. The predicted molar refractivity (Wildman–Crippen MR) is 142 cm³/mol. The Morgan fingerprint density at radius 1 is 1.00 bits per heavy atom. The molecule has 1 aliphatic carbocycles. The fourth-order valence-electron chi connectivity index (χ4n) is 4.64. The SMILES string of the molecule is CC(C)(C)OC(=O)N[C@@H](CCCCC(=O)OCC1c2ccccc2-c2ccccc21)c1nnc(CC(N)=O)o1. The molecule has 0 bridgehead atoms. The van der Waals surface area contributed by atoms with Crippen molar-refractivity contribution in [3.8, 4) is 11.1 Å². The normalized spacial score (nSPS) is 13.3. The van der Waals surface area contributed by atoms with Crippen LogP contribution in [0.4, 0.5) is 4.79 Å². The number of aromatic nitrogens is 2. The van der Waals surface area contributed by atoms with Gasteiger partial charge in [0.15, 0.2) is 0 Å². The van der Waals surface area contributed by atoms with Gasteiger partial charge in [0, 0.05) is 12.3 Å². The number of nitrogens with two attached hydrogens (primary N) is 1. The van der Waals surface area contributed by atoms with Gasteiger partial charge >= 0.3 is 12.1 Å². The van der Waals surface area contributed by atoms with Crippen LogP contribution in [0.3, 0.4) is 0 Å². The molecule has 3 N–H and O–H groups in total. The van der Waals surface area contributed by atoms with Crippen molar-refractivity contribution >= 4 is 18.0 Å². The highest BCUT2D eigenvalue weighted by Crippen LogP contribution is 2.44. The molecule has 0 spiro atoms. The lowest BCUT2D eigenvalue weighted by Crippen LogP contribution is -2.35. The van der Waals surface area contributed by atoms with Gasteiger partial charge in [-0.3, -0.25) is 9.59 Å². The summed E-state index contributed by atoms with van der Waals surface area (Å²) >= 11 is 0. The monoisotopic (exact) mass is 534 g/mol. The molecule has 4 rings (SSSR count). The summed E-state index contributed by atoms with van der Waals surface area (Å²) in [7, 11) is 0. The van der Waals surface area contributed by atoms with Gasteiger partial charge in [-0.2, -0.15) is 0 Å². The van der Waals surface area contributed by atoms with Crippen LogP contribution in [0.15, 0.2) is 52.9 Å². The number of rotatable bonds is 11. The molecular formula is C29H34N4O6. The molecule has 0 radical (unpaired) electrons. The number of primary amides is 1. The highest BCUT2D eigenvalue weighted by atomic mass is 16.6. The van der Waals surface area contributed by atoms with Gasteiger partial charge in [-0.05, 0) is 55.9 Å². The number of carbonyl (C=O) groups is 3. The van der Waals surface area contributed by atoms with Gasteiger partial charge in [0.2, 0.25) is 17.7 Å². The molecule has 2 aromatic carbocycles. The quantitative estimate of drug-likeness (QED) is 0.268. The van der Waals surface area contributed by atoms with E-state index < -0.39 is 23.6 Å². The fraction of sp³-hybridized carbons (Fsp3) is 0.414. The van der Waals surface area contributed by atoms with E-state index >= 15 is 0 Å². The van der Waals surface area contributed by atoms with Crippen molar-refractivity contribution in [3.63, 3.8) is 0 Å². The molecule has 0 saturated carbocycles. The van der Waals surface area contributed by atoms with Crippen molar-refractivity contribution in [3.05, 3.63) is 71.4 Å². The smallest absolute Gasteiger partial charge is 0.408 e. The number of carbonyl (C=O) groups excluding carboxylic acids is 3. The lowest BCUT2D eigenvalue weighted by molar-refractivity contribution is -0.144. The minimum absolute atomic E-state index is 0.0101. The summed E-state index contributed by atoms with van der Waals surface area (Å²) in [6, 6.07) is 15.7. The van der Waals surface area contributed by atoms with E-state index in [9.17, 15) is 14.4 Å². The number of alkyl carbamates (subject to hydrolysis) is 1. The molecule has 10 nitrogen and oxygen atoms in total. The Balaban J connectivity index is 1.30. The van der Waals surface area contributed by atoms with Gasteiger partial charge in [-0.15, -0.1) is 10.2 Å². The molecule has 1 atom stereocenters. The molecule has 10 heteroatoms. The summed E-state index contributed by atoms with van der Waals surface area (Å²) in [4.78, 5) is 36.1. The van der Waals surface area contributed by atoms with E-state index in [0.29, 0.717) is 19.3 Å². The molecule has 39 heavy (non-hydrogen) atoms. The first-order chi connectivity index (χ1) is 18.6. The van der Waals surface area contributed by atoms with Crippen LogP contribution in [0.2, 0.25) is 0 Å². The van der Waals surface area contributed by atoms with Crippen molar-refractivity contribution in [1.29, 1.82) is 0 Å². The molecule has 0 unspecified atom stereocenters. The third-order valence-electron chi connectivity index (χ3n) is 6.29. The Hall–Kier alpha value is -4.21. The minimum atomic E-state index is -0.690. The zero-order chi connectivity index (χ0) is 28.0. The van der Waals surface area contributed by atoms with Crippen LogP contribution in [0.25, 0.3) is 11.1 Å². The zero-order valence-corrected chi connectivity index (χ0v) is 22.4. The van der Waals surface area contributed by atoms with E-state index in [4.69, 9.17) is 19.6 Å². The second-order valence-corrected chi connectivity index (χ2v) is 10.5. The lowest BCUT2D eigenvalue weighted by Gasteiger charge is -2.22. The summed E-state index contributed by atoms with van der Waals surface area (Å²) in [5.41, 5.74) is 9.19. The topological polar surface area (TPSA) is 147 Å². The van der Waals surface area contributed by atoms with Crippen molar-refractivity contribution in [2.75, 3.05) is 6.61 Å². The Morgan fingerprint density at radius 2 is 1.64 bits per heavy atom. The van der Waals surface area contributed by atoms with E-state index in [1.165, 1.54) is 11.1 Å². The van der Waals surface area contributed by atoms with Crippen molar-refractivity contribution in [2.24, 2.45) is 5.73 Å². The highest BCUT2D eigenvalue weighted by molar-refractivity contribution is 5.79. The number of nitrogens with zero attached hydrogens (tertiary/aromatic N) is 2. The van der Waals surface area contributed by atoms with Crippen molar-refractivity contribution in [2.45, 2.75) is 70.4 Å². The van der Waals surface area contributed by atoms with Crippen LogP contribution in [0.1, 0.15) is 81.3 Å². The first-order valence-corrected chi connectivity index (χ1v) is 13.0. The molecule has 0 aliphatic heterocycles. The molecule has 206 valence electrons. The second-order valence-electron chi connectivity index (χ2n) is 10.5. The van der Waals surface area contributed by atoms with E-state index in [1.807, 2.05) is 24.3 Å². The Bertz CT molecular complexity index is 1280. The average Bonchev–Trinajstić information content (AvgIpc) is 3.45. The number of hydrogen-bond donors (Lipinski definition) is 2. The van der Waals surface area contributed by atoms with Gasteiger partial charge in [-0.1, -0.05) is 55.0 Å². The maximum atomic E-state index is 12.6. The minimum Gasteiger partial charge on any atom is -0.465 e. The summed E-state index contributed by atoms with van der Waals surface area (Å²) in [6.45, 7) is 5.55. The summed E-state index contributed by atoms with van der Waals surface area (Å²) in [6.07, 6.45) is 0.899. The third kappa shape index (κ3) is 7.43. The molecule has 3 aromatic rings. The van der Waals surface area contributed by atoms with Crippen LogP contribution in [0.5, 0.6) is 0 Å². The lowest BCUT2D eigenvalue weighted by atomic mass is 9.98. The van der Waals surface area contributed by atoms with E-state index in [-0.39, 0.29) is 43.1 Å². The average molecular weight is 535 g/mol. The van der Waals surface area contributed by atoms with Crippen LogP contribution < -0.4 is 11.1 Å². The number of ether oxygens (including phenoxy) is 2. The number of esters is 1. The first kappa shape index (κ1) is 27.8. The summed E-state index contributed by atoms with van der Waals surface area (Å²) < 4.78 is 16.6. The van der Waals surface area contributed by atoms with E-state index in [2.05, 4.69) is 39.8 Å². The number of unbranched alkanes of at least 4 members (excludes halogenated alkanes) is 1. The van der Waals surface area contributed by atoms with Gasteiger partial charge in [0.05, 0.1) is 0 Å². The van der Waals surface area contributed by atoms with E-state index in [0.717, 1.165) is 11.1 Å². The van der Waals surface area contributed by atoms with Crippen molar-refractivity contribution in [1.82, 2.24) is 15.5 Å². The zero-order valence-electron chi connectivity index (χ0n) is 22.4. The number of nitrogens with one attached hydrogen (secondary N) is 1. The van der Waals surface area contributed by atoms with Gasteiger partial charge in [-0.25, -0.2) is 4.79 Å². The number of amides is 2. The van der Waals surface area contributed by atoms with E-state index in [1.54, 1.807) is 20.8 Å². The second kappa shape index (κ2) is 12.1. The molecule has 1 aliphatic rings. The first-order valence-electron chi connectivity index (χ1n) is 13.0. The number of hydrogen-bond acceptors (Lipinski definition) is 8. The fourth-order valence-corrected chi connectivity index (χ4v) is 4.64. The Kier molecular flexibility index (Phi) is 8.63. The molecule has 2 amide bonds. The van der Waals surface area contributed by atoms with Crippen LogP contribution in [-0.2, 0) is 25.5 Å². The Labute approximate surface area is 227 Å². The Morgan fingerprint density at radius 3 is 2.26 bits per heavy atom. The maximum absolute atomic E-state index is 12.6. The summed E-state index contributed by atoms with van der Waals surface area (Å²) in [5.74, 6) is -0.679. The summed E-state index contributed by atoms with van der Waals surface area (Å²) in [5, 5.41) is 10.5. The van der Waals surface area contributed by atoms with Crippen molar-refractivity contribution < 1.29 is 28.3 Å². The third-order valence-corrected chi connectivity index (χ3v) is 6.29. The molecule has 0 fully saturated rings. The largest absolute Gasteiger partial charge is 0.465 e. The van der Waals surface area contributed by atoms with Crippen LogP contribution in [-0.4, -0.2) is 40.4 Å². The standard InChI is InChI=1S/C29H34N4O6/c1-29(2,3)39-28(36)31-23(27-33-32-25(38-27)16-24(30)34)14-8-9-15-26(35)37-17-22-20-12-6-4-10-18(20)19-11-5-7-13-21(19)22/h4-7,10-13,22-23H,8-9,14-17H2,1-3H3,(H2,30,34)(H,31,36)/t23-/m0/s1. The number of benzene rings is 2. The molecule has 1 aromatic heterocycles. The molecular weight excluding hydrogens is 500 g/mol. The van der Waals surface area contributed by atoms with Crippen LogP contribution >= 0.6 is 0 Å².